The Labute approximate surface area is 181 Å². The molecule has 32 heavy (non-hydrogen) atoms. The van der Waals surface area contributed by atoms with Crippen LogP contribution in [-0.4, -0.2) is 43.4 Å². The summed E-state index contributed by atoms with van der Waals surface area (Å²) in [5.74, 6) is -1.27. The first-order chi connectivity index (χ1) is 15.5. The lowest BCUT2D eigenvalue weighted by Crippen LogP contribution is -2.26. The van der Waals surface area contributed by atoms with Crippen molar-refractivity contribution >= 4 is 5.97 Å². The minimum absolute atomic E-state index is 0.00859. The normalized spacial score (nSPS) is 10.9. The molecule has 4 rings (SSSR count). The minimum Gasteiger partial charge on any atom is -0.478 e. The van der Waals surface area contributed by atoms with Crippen LogP contribution in [0.1, 0.15) is 21.6 Å². The predicted octanol–water partition coefficient (Wildman–Crippen LogP) is 2.73. The van der Waals surface area contributed by atoms with Gasteiger partial charge in [0.25, 0.3) is 5.56 Å². The Kier molecular flexibility index (Phi) is 5.86. The summed E-state index contributed by atoms with van der Waals surface area (Å²) in [6, 6.07) is 14.4. The Hall–Kier alpha value is -4.18. The maximum atomic E-state index is 15.1. The molecule has 0 aliphatic rings. The van der Waals surface area contributed by atoms with Gasteiger partial charge in [-0.05, 0) is 33.7 Å². The Bertz CT molecular complexity index is 1330. The van der Waals surface area contributed by atoms with Crippen LogP contribution in [-0.2, 0) is 17.9 Å². The number of nitrogens with zero attached hydrogens (tertiary/aromatic N) is 4. The molecule has 0 unspecified atom stereocenters. The van der Waals surface area contributed by atoms with Crippen molar-refractivity contribution in [3.63, 3.8) is 0 Å². The fraction of sp³-hybridized carbons (Fsp3) is 0.136. The van der Waals surface area contributed by atoms with Gasteiger partial charge in [-0.1, -0.05) is 36.4 Å². The molecule has 2 aromatic heterocycles. The number of carbonyl (C=O) groups is 1. The van der Waals surface area contributed by atoms with Gasteiger partial charge in [0.15, 0.2) is 5.82 Å². The number of aromatic nitrogens is 5. The Morgan fingerprint density at radius 3 is 2.59 bits per heavy atom. The predicted molar refractivity (Wildman–Crippen MR) is 112 cm³/mol. The van der Waals surface area contributed by atoms with Crippen LogP contribution < -0.4 is 5.56 Å². The van der Waals surface area contributed by atoms with Gasteiger partial charge in [-0.25, -0.2) is 14.3 Å². The van der Waals surface area contributed by atoms with Gasteiger partial charge >= 0.3 is 5.97 Å². The molecule has 0 spiro atoms. The van der Waals surface area contributed by atoms with Gasteiger partial charge in [0.05, 0.1) is 18.7 Å². The Balaban J connectivity index is 1.71. The van der Waals surface area contributed by atoms with Crippen molar-refractivity contribution in [2.24, 2.45) is 0 Å². The third kappa shape index (κ3) is 4.16. The molecule has 0 aliphatic heterocycles. The smallest absolute Gasteiger partial charge is 0.335 e. The van der Waals surface area contributed by atoms with E-state index in [1.54, 1.807) is 12.1 Å². The molecule has 2 aromatic carbocycles. The standard InChI is InChI=1S/C22H18FN5O4/c1-32-12-16-8-15(22(30)31)10-20(29)28(16)11-14-7-6-13(9-19(14)23)17-4-2-3-5-18(17)21-24-26-27-25-21/h2-10H,11-12H2,1H3,(H,30,31)(H,24,25,26,27). The number of rotatable bonds is 7. The molecular weight excluding hydrogens is 417 g/mol. The number of benzene rings is 2. The molecule has 0 bridgehead atoms. The van der Waals surface area contributed by atoms with Crippen molar-refractivity contribution in [2.75, 3.05) is 7.11 Å². The van der Waals surface area contributed by atoms with Crippen molar-refractivity contribution in [1.82, 2.24) is 25.2 Å². The number of carboxylic acids is 1. The van der Waals surface area contributed by atoms with Crippen molar-refractivity contribution in [2.45, 2.75) is 13.2 Å². The third-order valence-electron chi connectivity index (χ3n) is 4.97. The number of pyridine rings is 1. The summed E-state index contributed by atoms with van der Waals surface area (Å²) in [5, 5.41) is 23.0. The third-order valence-corrected chi connectivity index (χ3v) is 4.97. The lowest BCUT2D eigenvalue weighted by molar-refractivity contribution is 0.0696. The van der Waals surface area contributed by atoms with Crippen molar-refractivity contribution < 1.29 is 19.0 Å². The molecule has 0 atom stereocenters. The summed E-state index contributed by atoms with van der Waals surface area (Å²) in [6.45, 7) is -0.0636. The number of hydrogen-bond acceptors (Lipinski definition) is 6. The molecular formula is C22H18FN5O4. The number of hydrogen-bond donors (Lipinski definition) is 2. The van der Waals surface area contributed by atoms with Gasteiger partial charge in [0, 0.05) is 30.0 Å². The number of ether oxygens (including phenoxy) is 1. The van der Waals surface area contributed by atoms with Gasteiger partial charge in [0.2, 0.25) is 0 Å². The van der Waals surface area contributed by atoms with E-state index in [1.165, 1.54) is 23.8 Å². The quantitative estimate of drug-likeness (QED) is 0.457. The second-order valence-electron chi connectivity index (χ2n) is 7.00. The van der Waals surface area contributed by atoms with E-state index in [0.717, 1.165) is 11.6 Å². The fourth-order valence-corrected chi connectivity index (χ4v) is 3.45. The van der Waals surface area contributed by atoms with E-state index >= 15 is 4.39 Å². The number of nitrogens with one attached hydrogen (secondary N) is 1. The zero-order chi connectivity index (χ0) is 22.7. The number of halogens is 1. The van der Waals surface area contributed by atoms with E-state index in [0.29, 0.717) is 22.6 Å². The van der Waals surface area contributed by atoms with Crippen LogP contribution in [0.5, 0.6) is 0 Å². The average molecular weight is 435 g/mol. The molecule has 2 N–H and O–H groups in total. The largest absolute Gasteiger partial charge is 0.478 e. The number of aromatic amines is 1. The van der Waals surface area contributed by atoms with Crippen LogP contribution in [0, 0.1) is 5.82 Å². The van der Waals surface area contributed by atoms with Gasteiger partial charge in [-0.15, -0.1) is 5.10 Å². The first-order valence-electron chi connectivity index (χ1n) is 9.56. The average Bonchev–Trinajstić information content (AvgIpc) is 3.32. The highest BCUT2D eigenvalue weighted by Crippen LogP contribution is 2.30. The molecule has 0 saturated carbocycles. The van der Waals surface area contributed by atoms with E-state index in [9.17, 15) is 14.7 Å². The van der Waals surface area contributed by atoms with E-state index in [1.807, 2.05) is 24.3 Å². The van der Waals surface area contributed by atoms with Crippen LogP contribution in [0.2, 0.25) is 0 Å². The molecule has 2 heterocycles. The summed E-state index contributed by atoms with van der Waals surface area (Å²) in [5.41, 5.74) is 1.98. The molecule has 0 saturated heterocycles. The van der Waals surface area contributed by atoms with E-state index in [2.05, 4.69) is 20.6 Å². The van der Waals surface area contributed by atoms with Gasteiger partial charge in [-0.3, -0.25) is 4.79 Å². The first-order valence-corrected chi connectivity index (χ1v) is 9.56. The summed E-state index contributed by atoms with van der Waals surface area (Å²) < 4.78 is 21.4. The molecule has 9 nitrogen and oxygen atoms in total. The minimum atomic E-state index is -1.22. The summed E-state index contributed by atoms with van der Waals surface area (Å²) in [7, 11) is 1.43. The van der Waals surface area contributed by atoms with Crippen LogP contribution in [0.25, 0.3) is 22.5 Å². The zero-order valence-electron chi connectivity index (χ0n) is 16.9. The molecule has 10 heteroatoms. The van der Waals surface area contributed by atoms with Crippen LogP contribution in [0.4, 0.5) is 4.39 Å². The summed E-state index contributed by atoms with van der Waals surface area (Å²) >= 11 is 0. The molecule has 162 valence electrons. The van der Waals surface area contributed by atoms with E-state index in [-0.39, 0.29) is 24.3 Å². The number of tetrazole rings is 1. The first kappa shape index (κ1) is 21.1. The van der Waals surface area contributed by atoms with Crippen LogP contribution in [0.15, 0.2) is 59.4 Å². The van der Waals surface area contributed by atoms with Gasteiger partial charge < -0.3 is 14.4 Å². The summed E-state index contributed by atoms with van der Waals surface area (Å²) in [4.78, 5) is 23.8. The van der Waals surface area contributed by atoms with Crippen LogP contribution in [0.3, 0.4) is 0 Å². The second kappa shape index (κ2) is 8.90. The van der Waals surface area contributed by atoms with Crippen molar-refractivity contribution in [1.29, 1.82) is 0 Å². The Morgan fingerprint density at radius 1 is 1.16 bits per heavy atom. The molecule has 0 radical (unpaired) electrons. The molecule has 0 amide bonds. The highest BCUT2D eigenvalue weighted by atomic mass is 19.1. The fourth-order valence-electron chi connectivity index (χ4n) is 3.45. The summed E-state index contributed by atoms with van der Waals surface area (Å²) in [6.07, 6.45) is 0. The SMILES string of the molecule is COCc1cc(C(=O)O)cc(=O)n1Cc1ccc(-c2ccccc2-c2nnn[nH]2)cc1F. The number of methoxy groups -OCH3 is 1. The molecule has 4 aromatic rings. The van der Waals surface area contributed by atoms with Crippen molar-refractivity contribution in [3.05, 3.63) is 87.6 Å². The van der Waals surface area contributed by atoms with Gasteiger partial charge in [0.1, 0.15) is 5.82 Å². The zero-order valence-corrected chi connectivity index (χ0v) is 16.9. The monoisotopic (exact) mass is 435 g/mol. The maximum absolute atomic E-state index is 15.1. The molecule has 0 aliphatic carbocycles. The molecule has 0 fully saturated rings. The van der Waals surface area contributed by atoms with E-state index < -0.39 is 17.3 Å². The topological polar surface area (TPSA) is 123 Å². The number of aromatic carboxylic acids is 1. The maximum Gasteiger partial charge on any atom is 0.335 e. The lowest BCUT2D eigenvalue weighted by atomic mass is 9.98. The number of H-pyrrole nitrogens is 1. The lowest BCUT2D eigenvalue weighted by Gasteiger charge is -2.15. The second-order valence-corrected chi connectivity index (χ2v) is 7.00. The Morgan fingerprint density at radius 2 is 1.94 bits per heavy atom. The number of carboxylic acid groups (broad SMARTS) is 1. The highest BCUT2D eigenvalue weighted by molar-refractivity contribution is 5.87. The van der Waals surface area contributed by atoms with Gasteiger partial charge in [-0.2, -0.15) is 0 Å². The highest BCUT2D eigenvalue weighted by Gasteiger charge is 2.15. The van der Waals surface area contributed by atoms with Crippen molar-refractivity contribution in [3.8, 4) is 22.5 Å². The van der Waals surface area contributed by atoms with E-state index in [4.69, 9.17) is 4.74 Å². The van der Waals surface area contributed by atoms with Crippen LogP contribution >= 0.6 is 0 Å².